The molecule has 0 aliphatic heterocycles. The molecule has 1 aromatic heterocycles. The molecule has 0 radical (unpaired) electrons. The van der Waals surface area contributed by atoms with Crippen molar-refractivity contribution >= 4 is 28.5 Å². The lowest BCUT2D eigenvalue weighted by Crippen LogP contribution is -2.44. The molecule has 6 heteroatoms. The van der Waals surface area contributed by atoms with Gasteiger partial charge < -0.3 is 15.6 Å². The monoisotopic (exact) mass is 368 g/mol. The van der Waals surface area contributed by atoms with Crippen molar-refractivity contribution in [1.29, 1.82) is 0 Å². The standard InChI is InChI=1S/C21H28N4O2/c1-13(22-21(27)15-6-3-2-4-7-15)20(26)23-16-10-11-17-18(12-16)25-19(24-17)14-8-5-9-14/h10-15H,2-9H2,1H3,(H,22,27)(H,23,26)(H,24,25)/t13-/m1/s1. The minimum absolute atomic E-state index is 0.00603. The van der Waals surface area contributed by atoms with E-state index in [4.69, 9.17) is 0 Å². The van der Waals surface area contributed by atoms with Gasteiger partial charge in [0.05, 0.1) is 11.0 Å². The molecule has 0 bridgehead atoms. The molecule has 2 aliphatic carbocycles. The number of aromatic amines is 1. The normalized spacial score (nSPS) is 19.4. The molecule has 2 saturated carbocycles. The second-order valence-corrected chi connectivity index (χ2v) is 8.04. The molecule has 2 fully saturated rings. The Morgan fingerprint density at radius 1 is 1.11 bits per heavy atom. The average molecular weight is 368 g/mol. The number of nitrogens with zero attached hydrogens (tertiary/aromatic N) is 1. The third-order valence-electron chi connectivity index (χ3n) is 5.99. The van der Waals surface area contributed by atoms with E-state index in [2.05, 4.69) is 20.6 Å². The first-order valence-corrected chi connectivity index (χ1v) is 10.2. The van der Waals surface area contributed by atoms with Gasteiger partial charge in [0, 0.05) is 17.5 Å². The van der Waals surface area contributed by atoms with E-state index in [0.29, 0.717) is 5.92 Å². The van der Waals surface area contributed by atoms with Crippen molar-refractivity contribution in [2.24, 2.45) is 5.92 Å². The topological polar surface area (TPSA) is 86.9 Å². The Hall–Kier alpha value is -2.37. The summed E-state index contributed by atoms with van der Waals surface area (Å²) < 4.78 is 0. The molecule has 27 heavy (non-hydrogen) atoms. The molecule has 3 N–H and O–H groups in total. The lowest BCUT2D eigenvalue weighted by atomic mass is 9.85. The number of carbonyl (C=O) groups is 2. The lowest BCUT2D eigenvalue weighted by molar-refractivity contribution is -0.129. The number of fused-ring (bicyclic) bond motifs is 1. The molecular weight excluding hydrogens is 340 g/mol. The Balaban J connectivity index is 1.37. The maximum Gasteiger partial charge on any atom is 0.246 e. The molecule has 4 rings (SSSR count). The van der Waals surface area contributed by atoms with Crippen LogP contribution < -0.4 is 10.6 Å². The number of amides is 2. The van der Waals surface area contributed by atoms with E-state index in [1.807, 2.05) is 18.2 Å². The first-order chi connectivity index (χ1) is 13.1. The van der Waals surface area contributed by atoms with Gasteiger partial charge in [0.15, 0.2) is 0 Å². The highest BCUT2D eigenvalue weighted by atomic mass is 16.2. The molecule has 0 unspecified atom stereocenters. The van der Waals surface area contributed by atoms with Crippen molar-refractivity contribution < 1.29 is 9.59 Å². The number of imidazole rings is 1. The number of nitrogens with one attached hydrogen (secondary N) is 3. The highest BCUT2D eigenvalue weighted by molar-refractivity contribution is 5.98. The largest absolute Gasteiger partial charge is 0.344 e. The molecule has 2 amide bonds. The van der Waals surface area contributed by atoms with Gasteiger partial charge in [0.1, 0.15) is 11.9 Å². The van der Waals surface area contributed by atoms with Gasteiger partial charge in [-0.3, -0.25) is 9.59 Å². The van der Waals surface area contributed by atoms with Gasteiger partial charge in [-0.05, 0) is 50.8 Å². The molecule has 6 nitrogen and oxygen atoms in total. The third-order valence-corrected chi connectivity index (χ3v) is 5.99. The average Bonchev–Trinajstić information content (AvgIpc) is 3.03. The molecule has 2 aromatic rings. The van der Waals surface area contributed by atoms with Crippen LogP contribution in [0.25, 0.3) is 11.0 Å². The van der Waals surface area contributed by atoms with Crippen LogP contribution in [0.1, 0.15) is 70.0 Å². The van der Waals surface area contributed by atoms with Crippen molar-refractivity contribution in [3.8, 4) is 0 Å². The van der Waals surface area contributed by atoms with Crippen LogP contribution in [0.2, 0.25) is 0 Å². The summed E-state index contributed by atoms with van der Waals surface area (Å²) in [7, 11) is 0. The highest BCUT2D eigenvalue weighted by Crippen LogP contribution is 2.35. The predicted molar refractivity (Wildman–Crippen MR) is 105 cm³/mol. The summed E-state index contributed by atoms with van der Waals surface area (Å²) >= 11 is 0. The third kappa shape index (κ3) is 3.99. The zero-order valence-corrected chi connectivity index (χ0v) is 15.9. The number of benzene rings is 1. The Morgan fingerprint density at radius 3 is 2.59 bits per heavy atom. The minimum Gasteiger partial charge on any atom is -0.344 e. The maximum atomic E-state index is 12.5. The van der Waals surface area contributed by atoms with Crippen molar-refractivity contribution in [2.75, 3.05) is 5.32 Å². The van der Waals surface area contributed by atoms with E-state index in [-0.39, 0.29) is 17.7 Å². The van der Waals surface area contributed by atoms with Gasteiger partial charge in [-0.2, -0.15) is 0 Å². The molecule has 144 valence electrons. The van der Waals surface area contributed by atoms with Crippen molar-refractivity contribution in [3.05, 3.63) is 24.0 Å². The number of hydrogen-bond acceptors (Lipinski definition) is 3. The van der Waals surface area contributed by atoms with Crippen LogP contribution in [0, 0.1) is 5.92 Å². The van der Waals surface area contributed by atoms with Crippen LogP contribution in [0.4, 0.5) is 5.69 Å². The van der Waals surface area contributed by atoms with Crippen LogP contribution in [0.15, 0.2) is 18.2 Å². The fourth-order valence-electron chi connectivity index (χ4n) is 3.99. The Labute approximate surface area is 159 Å². The Bertz CT molecular complexity index is 834. The zero-order valence-electron chi connectivity index (χ0n) is 15.9. The van der Waals surface area contributed by atoms with Crippen LogP contribution in [0.3, 0.4) is 0 Å². The molecule has 2 aliphatic rings. The smallest absolute Gasteiger partial charge is 0.246 e. The van der Waals surface area contributed by atoms with E-state index in [0.717, 1.165) is 48.2 Å². The molecule has 0 spiro atoms. The molecule has 1 heterocycles. The summed E-state index contributed by atoms with van der Waals surface area (Å²) in [6, 6.07) is 5.15. The molecule has 0 saturated heterocycles. The van der Waals surface area contributed by atoms with Gasteiger partial charge in [0.2, 0.25) is 11.8 Å². The summed E-state index contributed by atoms with van der Waals surface area (Å²) in [6.07, 6.45) is 8.94. The van der Waals surface area contributed by atoms with Gasteiger partial charge in [-0.1, -0.05) is 25.7 Å². The van der Waals surface area contributed by atoms with Crippen LogP contribution in [-0.2, 0) is 9.59 Å². The number of carbonyl (C=O) groups excluding carboxylic acids is 2. The summed E-state index contributed by atoms with van der Waals surface area (Å²) in [6.45, 7) is 1.74. The summed E-state index contributed by atoms with van der Waals surface area (Å²) in [4.78, 5) is 32.9. The summed E-state index contributed by atoms with van der Waals surface area (Å²) in [5.41, 5.74) is 2.58. The number of anilines is 1. The second kappa shape index (κ2) is 7.71. The van der Waals surface area contributed by atoms with Crippen LogP contribution in [0.5, 0.6) is 0 Å². The Kier molecular flexibility index (Phi) is 5.14. The predicted octanol–water partition coefficient (Wildman–Crippen LogP) is 3.85. The van der Waals surface area contributed by atoms with Gasteiger partial charge in [-0.15, -0.1) is 0 Å². The minimum atomic E-state index is -0.553. The van der Waals surface area contributed by atoms with Crippen LogP contribution in [-0.4, -0.2) is 27.8 Å². The maximum absolute atomic E-state index is 12.5. The fraction of sp³-hybridized carbons (Fsp3) is 0.571. The van der Waals surface area contributed by atoms with Crippen LogP contribution >= 0.6 is 0 Å². The van der Waals surface area contributed by atoms with Crippen molar-refractivity contribution in [2.45, 2.75) is 70.3 Å². The van der Waals surface area contributed by atoms with Gasteiger partial charge in [-0.25, -0.2) is 4.98 Å². The van der Waals surface area contributed by atoms with E-state index >= 15 is 0 Å². The SMILES string of the molecule is C[C@@H](NC(=O)C1CCCCC1)C(=O)Nc1ccc2nc(C3CCC3)[nH]c2c1. The first kappa shape index (κ1) is 18.0. The molecular formula is C21H28N4O2. The van der Waals surface area contributed by atoms with Crippen molar-refractivity contribution in [1.82, 2.24) is 15.3 Å². The first-order valence-electron chi connectivity index (χ1n) is 10.2. The van der Waals surface area contributed by atoms with E-state index in [1.54, 1.807) is 6.92 Å². The summed E-state index contributed by atoms with van der Waals surface area (Å²) in [5, 5.41) is 5.78. The zero-order chi connectivity index (χ0) is 18.8. The van der Waals surface area contributed by atoms with Gasteiger partial charge in [0.25, 0.3) is 0 Å². The number of H-pyrrole nitrogens is 1. The van der Waals surface area contributed by atoms with E-state index < -0.39 is 6.04 Å². The lowest BCUT2D eigenvalue weighted by Gasteiger charge is -2.23. The number of aromatic nitrogens is 2. The second-order valence-electron chi connectivity index (χ2n) is 8.04. The number of hydrogen-bond donors (Lipinski definition) is 3. The summed E-state index contributed by atoms with van der Waals surface area (Å²) in [5.74, 6) is 1.46. The molecule has 1 aromatic carbocycles. The highest BCUT2D eigenvalue weighted by Gasteiger charge is 2.25. The molecule has 1 atom stereocenters. The Morgan fingerprint density at radius 2 is 1.89 bits per heavy atom. The quantitative estimate of drug-likeness (QED) is 0.749. The number of rotatable bonds is 5. The van der Waals surface area contributed by atoms with Gasteiger partial charge >= 0.3 is 0 Å². The van der Waals surface area contributed by atoms with E-state index in [9.17, 15) is 9.59 Å². The van der Waals surface area contributed by atoms with E-state index in [1.165, 1.54) is 25.7 Å². The fourth-order valence-corrected chi connectivity index (χ4v) is 3.99. The van der Waals surface area contributed by atoms with Crippen molar-refractivity contribution in [3.63, 3.8) is 0 Å².